The molecule has 0 aromatic rings. The molecule has 0 aromatic carbocycles. The fraction of sp³-hybridized carbons (Fsp3) is 0.829. The van der Waals surface area contributed by atoms with Crippen LogP contribution in [0.4, 0.5) is 0 Å². The van der Waals surface area contributed by atoms with Gasteiger partial charge in [-0.3, -0.25) is 34.1 Å². The molecule has 1 unspecified atom stereocenters. The zero-order valence-electron chi connectivity index (χ0n) is 30.2. The molecular formula is C35H59N5O7. The van der Waals surface area contributed by atoms with Crippen LogP contribution in [0.15, 0.2) is 0 Å². The second-order valence-corrected chi connectivity index (χ2v) is 16.4. The summed E-state index contributed by atoms with van der Waals surface area (Å²) in [7, 11) is 1.36. The number of carbonyl (C=O) groups excluding carboxylic acids is 6. The minimum atomic E-state index is -1.03. The van der Waals surface area contributed by atoms with Gasteiger partial charge < -0.3 is 25.6 Å². The van der Waals surface area contributed by atoms with Gasteiger partial charge in [-0.25, -0.2) is 0 Å². The number of likely N-dealkylation sites (tertiary alicyclic amines) is 1. The summed E-state index contributed by atoms with van der Waals surface area (Å²) in [5.74, 6) is -4.38. The van der Waals surface area contributed by atoms with Crippen LogP contribution in [0.25, 0.3) is 0 Å². The standard InChI is InChI=1S/C35H59N5O7/c1-11-12-18-22(25(41)29(43)36-10)37-28(42)24-23-21(35(23,8)9)19-40(24)31(45)30(44)39-27(20-16-14-13-15-17-20)38-26(33(2,3)4)32(46)47-34(5,6)7/h20-24,26-27,38H,11-19H2,1-10H3,(H,36,43)(H,37,42)(H,39,44)/t21-,22?,23-,24-,26+,27+/m0/s1. The SMILES string of the molecule is CCCCC(NC(=O)[C@@H]1[C@@H]2[C@H](CN1C(=O)C(=O)N[C@@H](N[C@H](C(=O)OC(C)(C)C)C(C)(C)C)C1CCCCC1)C2(C)C)C(=O)C(=O)NC. The van der Waals surface area contributed by atoms with Crippen molar-refractivity contribution in [2.45, 2.75) is 144 Å². The maximum atomic E-state index is 13.9. The van der Waals surface area contributed by atoms with E-state index >= 15 is 0 Å². The molecule has 0 aromatic heterocycles. The molecule has 1 aliphatic heterocycles. The van der Waals surface area contributed by atoms with Crippen molar-refractivity contribution in [1.29, 1.82) is 0 Å². The monoisotopic (exact) mass is 661 g/mol. The van der Waals surface area contributed by atoms with Crippen molar-refractivity contribution in [2.24, 2.45) is 28.6 Å². The molecule has 12 heteroatoms. The zero-order valence-corrected chi connectivity index (χ0v) is 30.2. The van der Waals surface area contributed by atoms with E-state index in [2.05, 4.69) is 21.3 Å². The Labute approximate surface area is 280 Å². The quantitative estimate of drug-likeness (QED) is 0.141. The second kappa shape index (κ2) is 15.0. The highest BCUT2D eigenvalue weighted by Gasteiger charge is 2.69. The van der Waals surface area contributed by atoms with Crippen LogP contribution >= 0.6 is 0 Å². The number of unbranched alkanes of at least 4 members (excludes halogenated alkanes) is 1. The molecule has 0 spiro atoms. The summed E-state index contributed by atoms with van der Waals surface area (Å²) in [6.07, 6.45) is 5.67. The Kier molecular flexibility index (Phi) is 12.3. The van der Waals surface area contributed by atoms with Crippen LogP contribution in [0.5, 0.6) is 0 Å². The molecule has 3 aliphatic rings. The van der Waals surface area contributed by atoms with Crippen LogP contribution in [0.1, 0.15) is 114 Å². The number of amides is 4. The second-order valence-electron chi connectivity index (χ2n) is 16.4. The number of piperidine rings is 1. The minimum Gasteiger partial charge on any atom is -0.459 e. The number of Topliss-reactive ketones (excluding diaryl/α,β-unsaturated/α-hetero) is 1. The van der Waals surface area contributed by atoms with Gasteiger partial charge in [0.05, 0.1) is 12.2 Å². The van der Waals surface area contributed by atoms with Crippen molar-refractivity contribution in [2.75, 3.05) is 13.6 Å². The van der Waals surface area contributed by atoms with Crippen molar-refractivity contribution < 1.29 is 33.5 Å². The topological polar surface area (TPSA) is 163 Å². The van der Waals surface area contributed by atoms with Gasteiger partial charge in [-0.2, -0.15) is 0 Å². The number of carbonyl (C=O) groups is 6. The first kappa shape index (κ1) is 38.4. The van der Waals surface area contributed by atoms with Crippen molar-refractivity contribution in [1.82, 2.24) is 26.2 Å². The lowest BCUT2D eigenvalue weighted by Crippen LogP contribution is -2.62. The van der Waals surface area contributed by atoms with Crippen LogP contribution in [0.2, 0.25) is 0 Å². The number of nitrogens with zero attached hydrogens (tertiary/aromatic N) is 1. The number of fused-ring (bicyclic) bond motifs is 1. The smallest absolute Gasteiger partial charge is 0.324 e. The number of ether oxygens (including phenoxy) is 1. The predicted octanol–water partition coefficient (Wildman–Crippen LogP) is 2.83. The lowest BCUT2D eigenvalue weighted by atomic mass is 9.83. The summed E-state index contributed by atoms with van der Waals surface area (Å²) in [5.41, 5.74) is -1.49. The van der Waals surface area contributed by atoms with E-state index < -0.39 is 70.7 Å². The number of likely N-dealkylation sites (N-methyl/N-ethyl adjacent to an activating group) is 1. The van der Waals surface area contributed by atoms with Gasteiger partial charge in [0.25, 0.3) is 5.91 Å². The van der Waals surface area contributed by atoms with E-state index in [-0.39, 0.29) is 36.1 Å². The summed E-state index contributed by atoms with van der Waals surface area (Å²) in [4.78, 5) is 81.2. The zero-order chi connectivity index (χ0) is 35.5. The first-order valence-corrected chi connectivity index (χ1v) is 17.4. The van der Waals surface area contributed by atoms with Crippen molar-refractivity contribution >= 4 is 35.4 Å². The highest BCUT2D eigenvalue weighted by atomic mass is 16.6. The van der Waals surface area contributed by atoms with Gasteiger partial charge in [-0.05, 0) is 68.6 Å². The summed E-state index contributed by atoms with van der Waals surface area (Å²) in [6.45, 7) is 17.4. The van der Waals surface area contributed by atoms with E-state index in [0.717, 1.165) is 38.5 Å². The highest BCUT2D eigenvalue weighted by molar-refractivity contribution is 6.38. The first-order valence-electron chi connectivity index (χ1n) is 17.4. The summed E-state index contributed by atoms with van der Waals surface area (Å²) >= 11 is 0. The number of hydrogen-bond donors (Lipinski definition) is 4. The van der Waals surface area contributed by atoms with Gasteiger partial charge in [0.15, 0.2) is 0 Å². The van der Waals surface area contributed by atoms with E-state index in [1.165, 1.54) is 11.9 Å². The number of rotatable bonds is 12. The Hall–Kier alpha value is -3.02. The predicted molar refractivity (Wildman–Crippen MR) is 178 cm³/mol. The van der Waals surface area contributed by atoms with Crippen LogP contribution in [-0.2, 0) is 33.5 Å². The van der Waals surface area contributed by atoms with E-state index in [1.807, 2.05) is 41.5 Å². The summed E-state index contributed by atoms with van der Waals surface area (Å²) in [6, 6.07) is -2.75. The van der Waals surface area contributed by atoms with Crippen molar-refractivity contribution in [3.05, 3.63) is 0 Å². The lowest BCUT2D eigenvalue weighted by molar-refractivity contribution is -0.161. The summed E-state index contributed by atoms with van der Waals surface area (Å²) in [5, 5.41) is 11.4. The molecule has 2 aliphatic carbocycles. The third-order valence-corrected chi connectivity index (χ3v) is 10.1. The molecule has 6 atom stereocenters. The van der Waals surface area contributed by atoms with E-state index in [0.29, 0.717) is 6.42 Å². The number of hydrogen-bond acceptors (Lipinski definition) is 8. The van der Waals surface area contributed by atoms with Gasteiger partial charge >= 0.3 is 17.8 Å². The van der Waals surface area contributed by atoms with Gasteiger partial charge in [-0.15, -0.1) is 0 Å². The highest BCUT2D eigenvalue weighted by Crippen LogP contribution is 2.64. The van der Waals surface area contributed by atoms with Crippen LogP contribution in [-0.4, -0.2) is 83.8 Å². The van der Waals surface area contributed by atoms with Gasteiger partial charge in [0, 0.05) is 13.6 Å². The Bertz CT molecular complexity index is 1200. The van der Waals surface area contributed by atoms with E-state index in [9.17, 15) is 28.8 Å². The summed E-state index contributed by atoms with van der Waals surface area (Å²) < 4.78 is 5.74. The molecule has 2 saturated carbocycles. The van der Waals surface area contributed by atoms with Gasteiger partial charge in [0.2, 0.25) is 11.7 Å². The lowest BCUT2D eigenvalue weighted by Gasteiger charge is -2.39. The average molecular weight is 662 g/mol. The van der Waals surface area contributed by atoms with Crippen LogP contribution in [0, 0.1) is 28.6 Å². The fourth-order valence-electron chi connectivity index (χ4n) is 7.32. The molecule has 47 heavy (non-hydrogen) atoms. The molecule has 1 heterocycles. The molecule has 0 radical (unpaired) electrons. The Morgan fingerprint density at radius 3 is 2.06 bits per heavy atom. The average Bonchev–Trinajstić information content (AvgIpc) is 3.29. The fourth-order valence-corrected chi connectivity index (χ4v) is 7.32. The molecule has 3 fully saturated rings. The first-order chi connectivity index (χ1) is 21.7. The molecule has 4 N–H and O–H groups in total. The molecule has 0 bridgehead atoms. The van der Waals surface area contributed by atoms with E-state index in [1.54, 1.807) is 20.8 Å². The van der Waals surface area contributed by atoms with Crippen molar-refractivity contribution in [3.8, 4) is 0 Å². The molecule has 266 valence electrons. The maximum Gasteiger partial charge on any atom is 0.324 e. The Morgan fingerprint density at radius 2 is 1.53 bits per heavy atom. The number of nitrogens with one attached hydrogen (secondary N) is 4. The van der Waals surface area contributed by atoms with Gasteiger partial charge in [0.1, 0.15) is 17.7 Å². The molecule has 3 rings (SSSR count). The molecule has 4 amide bonds. The Balaban J connectivity index is 1.84. The van der Waals surface area contributed by atoms with Gasteiger partial charge in [-0.1, -0.05) is 73.6 Å². The molecule has 1 saturated heterocycles. The third-order valence-electron chi connectivity index (χ3n) is 10.1. The maximum absolute atomic E-state index is 13.9. The Morgan fingerprint density at radius 1 is 0.915 bits per heavy atom. The van der Waals surface area contributed by atoms with Crippen LogP contribution in [0.3, 0.4) is 0 Å². The minimum absolute atomic E-state index is 0.00663. The molecule has 12 nitrogen and oxygen atoms in total. The number of esters is 1. The third kappa shape index (κ3) is 9.32. The van der Waals surface area contributed by atoms with Crippen LogP contribution < -0.4 is 21.3 Å². The van der Waals surface area contributed by atoms with E-state index in [4.69, 9.17) is 4.74 Å². The largest absolute Gasteiger partial charge is 0.459 e. The van der Waals surface area contributed by atoms with Crippen molar-refractivity contribution in [3.63, 3.8) is 0 Å². The number of ketones is 1. The normalized spacial score (nSPS) is 24.3. The molecular weight excluding hydrogens is 602 g/mol.